The lowest BCUT2D eigenvalue weighted by Gasteiger charge is -2.26. The molecule has 0 bridgehead atoms. The summed E-state index contributed by atoms with van der Waals surface area (Å²) < 4.78 is 28.2. The van der Waals surface area contributed by atoms with Crippen LogP contribution in [0.2, 0.25) is 0 Å². The second-order valence-electron chi connectivity index (χ2n) is 6.92. The van der Waals surface area contributed by atoms with Gasteiger partial charge in [-0.05, 0) is 24.8 Å². The Morgan fingerprint density at radius 1 is 1.11 bits per heavy atom. The van der Waals surface area contributed by atoms with Crippen molar-refractivity contribution in [3.05, 3.63) is 35.9 Å². The number of sulfone groups is 1. The van der Waals surface area contributed by atoms with E-state index in [4.69, 9.17) is 4.74 Å². The minimum Gasteiger partial charge on any atom is -0.445 e. The number of likely N-dealkylation sites (tertiary alicyclic amines) is 1. The Hall–Kier alpha value is -2.09. The summed E-state index contributed by atoms with van der Waals surface area (Å²) in [6.45, 7) is 1.35. The van der Waals surface area contributed by atoms with Crippen molar-refractivity contribution in [2.45, 2.75) is 44.8 Å². The van der Waals surface area contributed by atoms with Gasteiger partial charge in [-0.3, -0.25) is 4.79 Å². The van der Waals surface area contributed by atoms with Crippen LogP contribution in [0, 0.1) is 0 Å². The number of alkyl carbamates (subject to hydrolysis) is 1. The van der Waals surface area contributed by atoms with Gasteiger partial charge in [0.2, 0.25) is 5.91 Å². The van der Waals surface area contributed by atoms with Crippen LogP contribution in [0.15, 0.2) is 30.3 Å². The van der Waals surface area contributed by atoms with E-state index in [1.54, 1.807) is 4.90 Å². The first-order valence-electron chi connectivity index (χ1n) is 9.29. The van der Waals surface area contributed by atoms with Crippen LogP contribution in [-0.4, -0.2) is 56.5 Å². The zero-order chi connectivity index (χ0) is 19.7. The van der Waals surface area contributed by atoms with Crippen molar-refractivity contribution in [3.63, 3.8) is 0 Å². The third-order valence-electron chi connectivity index (χ3n) is 4.50. The number of hydrogen-bond acceptors (Lipinski definition) is 5. The first-order valence-corrected chi connectivity index (χ1v) is 11.3. The lowest BCUT2D eigenvalue weighted by Crippen LogP contribution is -2.49. The van der Waals surface area contributed by atoms with E-state index < -0.39 is 22.0 Å². The minimum atomic E-state index is -3.24. The Kier molecular flexibility index (Phi) is 8.09. The Morgan fingerprint density at radius 2 is 1.74 bits per heavy atom. The lowest BCUT2D eigenvalue weighted by atomic mass is 10.2. The van der Waals surface area contributed by atoms with Gasteiger partial charge in [-0.1, -0.05) is 43.2 Å². The average molecular weight is 397 g/mol. The second kappa shape index (κ2) is 10.3. The summed E-state index contributed by atoms with van der Waals surface area (Å²) in [6, 6.07) is 8.31. The third kappa shape index (κ3) is 7.99. The average Bonchev–Trinajstić information content (AvgIpc) is 2.92. The summed E-state index contributed by atoms with van der Waals surface area (Å²) in [4.78, 5) is 26.7. The van der Waals surface area contributed by atoms with E-state index in [9.17, 15) is 18.0 Å². The van der Waals surface area contributed by atoms with E-state index in [0.29, 0.717) is 13.1 Å². The standard InChI is InChI=1S/C19H28N2O5S/c1-27(24,25)14-11-17(18(22)21-12-7-2-3-8-13-21)20-19(23)26-15-16-9-5-4-6-10-16/h4-6,9-10,17H,2-3,7-8,11-15H2,1H3,(H,20,23)/t17-/m0/s1. The highest BCUT2D eigenvalue weighted by atomic mass is 32.2. The number of rotatable bonds is 7. The van der Waals surface area contributed by atoms with Crippen LogP contribution in [0.4, 0.5) is 4.79 Å². The van der Waals surface area contributed by atoms with Crippen LogP contribution < -0.4 is 5.32 Å². The molecule has 1 saturated heterocycles. The summed E-state index contributed by atoms with van der Waals surface area (Å²) in [5.41, 5.74) is 0.833. The van der Waals surface area contributed by atoms with Gasteiger partial charge in [-0.2, -0.15) is 0 Å². The number of ether oxygens (including phenoxy) is 1. The quantitative estimate of drug-likeness (QED) is 0.762. The van der Waals surface area contributed by atoms with Crippen molar-refractivity contribution in [3.8, 4) is 0 Å². The van der Waals surface area contributed by atoms with Gasteiger partial charge < -0.3 is 15.0 Å². The molecule has 0 radical (unpaired) electrons. The zero-order valence-electron chi connectivity index (χ0n) is 15.7. The fourth-order valence-electron chi connectivity index (χ4n) is 3.01. The molecule has 0 saturated carbocycles. The fourth-order valence-corrected chi connectivity index (χ4v) is 3.67. The minimum absolute atomic E-state index is 0.0363. The Bertz CT molecular complexity index is 713. The molecule has 0 aliphatic carbocycles. The first-order chi connectivity index (χ1) is 12.8. The number of hydrogen-bond donors (Lipinski definition) is 1. The van der Waals surface area contributed by atoms with Crippen molar-refractivity contribution in [1.82, 2.24) is 10.2 Å². The fraction of sp³-hybridized carbons (Fsp3) is 0.579. The van der Waals surface area contributed by atoms with Crippen molar-refractivity contribution < 1.29 is 22.7 Å². The molecule has 0 unspecified atom stereocenters. The third-order valence-corrected chi connectivity index (χ3v) is 5.48. The molecule has 8 heteroatoms. The summed E-state index contributed by atoms with van der Waals surface area (Å²) >= 11 is 0. The summed E-state index contributed by atoms with van der Waals surface area (Å²) in [7, 11) is -3.24. The maximum atomic E-state index is 12.8. The molecule has 2 rings (SSSR count). The summed E-state index contributed by atoms with van der Waals surface area (Å²) in [6.07, 6.45) is 4.42. The maximum absolute atomic E-state index is 12.8. The molecule has 150 valence electrons. The van der Waals surface area contributed by atoms with Crippen LogP contribution in [0.5, 0.6) is 0 Å². The highest BCUT2D eigenvalue weighted by molar-refractivity contribution is 7.90. The monoisotopic (exact) mass is 396 g/mol. The molecule has 0 spiro atoms. The van der Waals surface area contributed by atoms with Crippen LogP contribution >= 0.6 is 0 Å². The normalized spacial score (nSPS) is 16.3. The van der Waals surface area contributed by atoms with E-state index in [1.165, 1.54) is 0 Å². The van der Waals surface area contributed by atoms with Gasteiger partial charge in [0.05, 0.1) is 5.75 Å². The van der Waals surface area contributed by atoms with Crippen molar-refractivity contribution in [2.75, 3.05) is 25.1 Å². The van der Waals surface area contributed by atoms with Gasteiger partial charge in [0.1, 0.15) is 22.5 Å². The van der Waals surface area contributed by atoms with Gasteiger partial charge in [0.25, 0.3) is 0 Å². The molecule has 1 aliphatic rings. The molecule has 0 aromatic heterocycles. The molecule has 1 heterocycles. The van der Waals surface area contributed by atoms with Gasteiger partial charge in [0, 0.05) is 19.3 Å². The Balaban J connectivity index is 1.97. The van der Waals surface area contributed by atoms with Crippen molar-refractivity contribution in [1.29, 1.82) is 0 Å². The second-order valence-corrected chi connectivity index (χ2v) is 9.18. The number of carbonyl (C=O) groups excluding carboxylic acids is 2. The largest absolute Gasteiger partial charge is 0.445 e. The van der Waals surface area contributed by atoms with E-state index in [2.05, 4.69) is 5.32 Å². The molecule has 1 aromatic rings. The van der Waals surface area contributed by atoms with Gasteiger partial charge in [-0.25, -0.2) is 13.2 Å². The number of carbonyl (C=O) groups is 2. The van der Waals surface area contributed by atoms with Gasteiger partial charge in [-0.15, -0.1) is 0 Å². The SMILES string of the molecule is CS(=O)(=O)CC[C@H](NC(=O)OCc1ccccc1)C(=O)N1CCCCCC1. The molecule has 2 amide bonds. The van der Waals surface area contributed by atoms with Crippen molar-refractivity contribution in [2.24, 2.45) is 0 Å². The highest BCUT2D eigenvalue weighted by Gasteiger charge is 2.27. The lowest BCUT2D eigenvalue weighted by molar-refractivity contribution is -0.133. The molecule has 1 aliphatic heterocycles. The number of nitrogens with one attached hydrogen (secondary N) is 1. The molecule has 1 fully saturated rings. The number of amides is 2. The van der Waals surface area contributed by atoms with Crippen molar-refractivity contribution >= 4 is 21.8 Å². The molecule has 1 aromatic carbocycles. The van der Waals surface area contributed by atoms with E-state index >= 15 is 0 Å². The molecule has 7 nitrogen and oxygen atoms in total. The number of nitrogens with zero attached hydrogens (tertiary/aromatic N) is 1. The zero-order valence-corrected chi connectivity index (χ0v) is 16.5. The van der Waals surface area contributed by atoms with Crippen LogP contribution in [-0.2, 0) is 26.0 Å². The maximum Gasteiger partial charge on any atom is 0.408 e. The molecular formula is C19H28N2O5S. The van der Waals surface area contributed by atoms with Gasteiger partial charge in [0.15, 0.2) is 0 Å². The van der Waals surface area contributed by atoms with Crippen LogP contribution in [0.25, 0.3) is 0 Å². The predicted molar refractivity (Wildman–Crippen MR) is 103 cm³/mol. The topological polar surface area (TPSA) is 92.8 Å². The van der Waals surface area contributed by atoms with E-state index in [0.717, 1.165) is 37.5 Å². The summed E-state index contributed by atoms with van der Waals surface area (Å²) in [5.74, 6) is -0.409. The molecule has 1 N–H and O–H groups in total. The number of benzene rings is 1. The van der Waals surface area contributed by atoms with Crippen LogP contribution in [0.1, 0.15) is 37.7 Å². The Labute approximate surface area is 161 Å². The van der Waals surface area contributed by atoms with Crippen LogP contribution in [0.3, 0.4) is 0 Å². The summed E-state index contributed by atoms with van der Waals surface area (Å²) in [5, 5.41) is 2.56. The predicted octanol–water partition coefficient (Wildman–Crippen LogP) is 2.12. The van der Waals surface area contributed by atoms with E-state index in [1.807, 2.05) is 30.3 Å². The Morgan fingerprint density at radius 3 is 2.33 bits per heavy atom. The first kappa shape index (κ1) is 21.2. The van der Waals surface area contributed by atoms with E-state index in [-0.39, 0.29) is 24.7 Å². The molecular weight excluding hydrogens is 368 g/mol. The molecule has 27 heavy (non-hydrogen) atoms. The molecule has 1 atom stereocenters. The highest BCUT2D eigenvalue weighted by Crippen LogP contribution is 2.12. The van der Waals surface area contributed by atoms with Gasteiger partial charge >= 0.3 is 6.09 Å². The smallest absolute Gasteiger partial charge is 0.408 e.